The van der Waals surface area contributed by atoms with Gasteiger partial charge in [-0.3, -0.25) is 14.9 Å². The normalized spacial score (nSPS) is 11.8. The molecule has 1 heterocycles. The average molecular weight is 397 g/mol. The molecule has 0 amide bonds. The lowest BCUT2D eigenvalue weighted by molar-refractivity contribution is -0.548. The highest BCUT2D eigenvalue weighted by Crippen LogP contribution is 2.29. The van der Waals surface area contributed by atoms with Crippen molar-refractivity contribution in [1.82, 2.24) is 0 Å². The summed E-state index contributed by atoms with van der Waals surface area (Å²) in [5, 5.41) is 11.8. The fourth-order valence-corrected chi connectivity index (χ4v) is 2.94. The van der Waals surface area contributed by atoms with Crippen LogP contribution in [0.1, 0.15) is 35.5 Å². The Morgan fingerprint density at radius 2 is 1.79 bits per heavy atom. The quantitative estimate of drug-likeness (QED) is 0.187. The van der Waals surface area contributed by atoms with Crippen LogP contribution in [0, 0.1) is 10.1 Å². The summed E-state index contributed by atoms with van der Waals surface area (Å²) in [7, 11) is 0. The van der Waals surface area contributed by atoms with Gasteiger partial charge in [-0.15, -0.1) is 0 Å². The second kappa shape index (κ2) is 8.55. The van der Waals surface area contributed by atoms with Crippen LogP contribution in [0.25, 0.3) is 11.0 Å². The summed E-state index contributed by atoms with van der Waals surface area (Å²) in [6.07, 6.45) is -1.41. The molecule has 8 heteroatoms. The van der Waals surface area contributed by atoms with E-state index in [0.717, 1.165) is 5.39 Å². The molecular formula is C21H19NO7. The molecule has 0 spiro atoms. The molecule has 0 aliphatic carbocycles. The number of carbonyl (C=O) groups is 2. The molecule has 0 bridgehead atoms. The molecule has 0 aliphatic rings. The maximum Gasteiger partial charge on any atom is 0.452 e. The number of furan rings is 1. The van der Waals surface area contributed by atoms with E-state index in [0.29, 0.717) is 28.9 Å². The van der Waals surface area contributed by atoms with E-state index >= 15 is 0 Å². The Labute approximate surface area is 166 Å². The molecule has 0 radical (unpaired) electrons. The number of nitrogens with zero attached hydrogens (tertiary/aromatic N) is 1. The van der Waals surface area contributed by atoms with Crippen molar-refractivity contribution in [3.63, 3.8) is 0 Å². The number of para-hydroxylation sites is 1. The van der Waals surface area contributed by atoms with Gasteiger partial charge in [-0.25, -0.2) is 4.79 Å². The third kappa shape index (κ3) is 4.11. The number of aryl methyl sites for hydroxylation is 1. The van der Waals surface area contributed by atoms with Gasteiger partial charge in [0.1, 0.15) is 17.1 Å². The van der Waals surface area contributed by atoms with Crippen molar-refractivity contribution < 1.29 is 28.4 Å². The van der Waals surface area contributed by atoms with Gasteiger partial charge in [0.15, 0.2) is 5.78 Å². The molecule has 2 aromatic carbocycles. The maximum absolute atomic E-state index is 13.1. The zero-order chi connectivity index (χ0) is 21.0. The molecule has 3 aromatic rings. The van der Waals surface area contributed by atoms with E-state index in [2.05, 4.69) is 4.74 Å². The van der Waals surface area contributed by atoms with Gasteiger partial charge >= 0.3 is 12.2 Å². The Balaban J connectivity index is 1.86. The van der Waals surface area contributed by atoms with E-state index in [1.54, 1.807) is 13.0 Å². The molecule has 0 fully saturated rings. The fraction of sp³-hybridized carbons (Fsp3) is 0.238. The number of nitro groups is 1. The Bertz CT molecular complexity index is 1050. The molecule has 1 aromatic heterocycles. The number of carbonyl (C=O) groups excluding carboxylic acids is 2. The lowest BCUT2D eigenvalue weighted by Crippen LogP contribution is -2.36. The molecule has 0 aliphatic heterocycles. The SMILES string of the molecule is CCOC(=O)C(Oc1ccc(C(=O)c2c(CC)oc3ccccc23)cc1)[N+](=O)[O-]. The molecule has 1 atom stereocenters. The third-order valence-electron chi connectivity index (χ3n) is 4.26. The molecule has 8 nitrogen and oxygen atoms in total. The summed E-state index contributed by atoms with van der Waals surface area (Å²) in [6, 6.07) is 13.1. The van der Waals surface area contributed by atoms with Crippen LogP contribution in [0.3, 0.4) is 0 Å². The van der Waals surface area contributed by atoms with Crippen molar-refractivity contribution >= 4 is 22.7 Å². The summed E-state index contributed by atoms with van der Waals surface area (Å²) in [6.45, 7) is 3.44. The van der Waals surface area contributed by atoms with Gasteiger partial charge in [0.25, 0.3) is 0 Å². The summed E-state index contributed by atoms with van der Waals surface area (Å²) in [5.41, 5.74) is 1.50. The first-order chi connectivity index (χ1) is 14.0. The van der Waals surface area contributed by atoms with Crippen LogP contribution in [0.5, 0.6) is 5.75 Å². The molecule has 1 unspecified atom stereocenters. The Morgan fingerprint density at radius 3 is 2.41 bits per heavy atom. The maximum atomic E-state index is 13.1. The summed E-state index contributed by atoms with van der Waals surface area (Å²) in [5.74, 6) is -0.652. The number of rotatable bonds is 8. The minimum Gasteiger partial charge on any atom is -0.460 e. The van der Waals surface area contributed by atoms with E-state index < -0.39 is 17.1 Å². The van der Waals surface area contributed by atoms with Gasteiger partial charge in [0.05, 0.1) is 17.1 Å². The molecule has 0 N–H and O–H groups in total. The molecule has 3 rings (SSSR count). The minimum absolute atomic E-state index is 0.00160. The highest BCUT2D eigenvalue weighted by atomic mass is 16.7. The smallest absolute Gasteiger partial charge is 0.452 e. The van der Waals surface area contributed by atoms with Crippen LogP contribution in [-0.2, 0) is 16.0 Å². The number of hydrogen-bond donors (Lipinski definition) is 0. The number of esters is 1. The Hall–Kier alpha value is -3.68. The molecule has 150 valence electrons. The van der Waals surface area contributed by atoms with Crippen LogP contribution in [0.2, 0.25) is 0 Å². The number of ether oxygens (including phenoxy) is 2. The summed E-state index contributed by atoms with van der Waals surface area (Å²) < 4.78 is 15.5. The second-order valence-corrected chi connectivity index (χ2v) is 6.11. The molecule has 29 heavy (non-hydrogen) atoms. The van der Waals surface area contributed by atoms with Crippen molar-refractivity contribution in [2.75, 3.05) is 6.61 Å². The number of hydrogen-bond acceptors (Lipinski definition) is 7. The average Bonchev–Trinajstić information content (AvgIpc) is 3.10. The van der Waals surface area contributed by atoms with Gasteiger partial charge in [-0.1, -0.05) is 25.1 Å². The van der Waals surface area contributed by atoms with Crippen molar-refractivity contribution in [3.8, 4) is 5.75 Å². The number of benzene rings is 2. The topological polar surface area (TPSA) is 109 Å². The lowest BCUT2D eigenvalue weighted by atomic mass is 9.99. The minimum atomic E-state index is -1.97. The van der Waals surface area contributed by atoms with E-state index in [-0.39, 0.29) is 18.1 Å². The van der Waals surface area contributed by atoms with E-state index in [9.17, 15) is 19.7 Å². The predicted molar refractivity (Wildman–Crippen MR) is 104 cm³/mol. The predicted octanol–water partition coefficient (Wildman–Crippen LogP) is 3.77. The highest BCUT2D eigenvalue weighted by molar-refractivity contribution is 6.16. The van der Waals surface area contributed by atoms with Crippen LogP contribution in [0.4, 0.5) is 0 Å². The first-order valence-corrected chi connectivity index (χ1v) is 9.08. The van der Waals surface area contributed by atoms with Crippen molar-refractivity contribution in [3.05, 3.63) is 75.5 Å². The summed E-state index contributed by atoms with van der Waals surface area (Å²) in [4.78, 5) is 34.9. The van der Waals surface area contributed by atoms with Gasteiger partial charge in [-0.05, 0) is 37.3 Å². The third-order valence-corrected chi connectivity index (χ3v) is 4.26. The zero-order valence-corrected chi connectivity index (χ0v) is 15.9. The second-order valence-electron chi connectivity index (χ2n) is 6.11. The van der Waals surface area contributed by atoms with Crippen LogP contribution < -0.4 is 4.74 Å². The zero-order valence-electron chi connectivity index (χ0n) is 15.9. The molecule has 0 saturated heterocycles. The first kappa shape index (κ1) is 20.1. The highest BCUT2D eigenvalue weighted by Gasteiger charge is 2.33. The van der Waals surface area contributed by atoms with Crippen LogP contribution in [0.15, 0.2) is 52.9 Å². The van der Waals surface area contributed by atoms with Crippen LogP contribution >= 0.6 is 0 Å². The molecule has 0 saturated carbocycles. The van der Waals surface area contributed by atoms with Gasteiger partial charge < -0.3 is 13.9 Å². The fourth-order valence-electron chi connectivity index (χ4n) is 2.94. The summed E-state index contributed by atoms with van der Waals surface area (Å²) >= 11 is 0. The lowest BCUT2D eigenvalue weighted by Gasteiger charge is -2.11. The standard InChI is InChI=1S/C21H19NO7/c1-3-16-18(15-7-5-6-8-17(15)29-16)19(23)13-9-11-14(12-10-13)28-20(22(25)26)21(24)27-4-2/h5-12,20H,3-4H2,1-2H3. The Kier molecular flexibility index (Phi) is 5.92. The van der Waals surface area contributed by atoms with E-state index in [1.807, 2.05) is 25.1 Å². The number of fused-ring (bicyclic) bond motifs is 1. The van der Waals surface area contributed by atoms with Crippen LogP contribution in [-0.4, -0.2) is 29.5 Å². The van der Waals surface area contributed by atoms with Crippen molar-refractivity contribution in [2.24, 2.45) is 0 Å². The molecular weight excluding hydrogens is 378 g/mol. The van der Waals surface area contributed by atoms with E-state index in [1.165, 1.54) is 24.3 Å². The van der Waals surface area contributed by atoms with Gasteiger partial charge in [-0.2, -0.15) is 0 Å². The first-order valence-electron chi connectivity index (χ1n) is 9.08. The van der Waals surface area contributed by atoms with Crippen molar-refractivity contribution in [1.29, 1.82) is 0 Å². The van der Waals surface area contributed by atoms with Gasteiger partial charge in [0.2, 0.25) is 0 Å². The van der Waals surface area contributed by atoms with Crippen molar-refractivity contribution in [2.45, 2.75) is 26.5 Å². The number of ketones is 1. The monoisotopic (exact) mass is 397 g/mol. The largest absolute Gasteiger partial charge is 0.460 e. The Morgan fingerprint density at radius 1 is 1.10 bits per heavy atom. The van der Waals surface area contributed by atoms with E-state index in [4.69, 9.17) is 9.15 Å². The van der Waals surface area contributed by atoms with Gasteiger partial charge in [0, 0.05) is 17.4 Å².